The van der Waals surface area contributed by atoms with Gasteiger partial charge >= 0.3 is 6.03 Å². The van der Waals surface area contributed by atoms with E-state index in [4.69, 9.17) is 0 Å². The Morgan fingerprint density at radius 3 is 2.47 bits per heavy atom. The molecule has 0 aliphatic carbocycles. The Morgan fingerprint density at radius 2 is 1.87 bits per heavy atom. The summed E-state index contributed by atoms with van der Waals surface area (Å²) in [5.41, 5.74) is 0. The van der Waals surface area contributed by atoms with Crippen LogP contribution in [-0.2, 0) is 4.79 Å². The fraction of sp³-hybridized carbons (Fsp3) is 0.700. The van der Waals surface area contributed by atoms with E-state index in [-0.39, 0.29) is 11.9 Å². The van der Waals surface area contributed by atoms with E-state index in [1.54, 1.807) is 0 Å². The van der Waals surface area contributed by atoms with Gasteiger partial charge in [0.1, 0.15) is 6.54 Å². The van der Waals surface area contributed by atoms with Crippen LogP contribution in [0.15, 0.2) is 0 Å². The van der Waals surface area contributed by atoms with Crippen molar-refractivity contribution in [2.75, 3.05) is 26.2 Å². The molecule has 2 saturated heterocycles. The van der Waals surface area contributed by atoms with Crippen LogP contribution >= 0.6 is 0 Å². The predicted molar refractivity (Wildman–Crippen MR) is 54.8 cm³/mol. The number of urea groups is 1. The van der Waals surface area contributed by atoms with Crippen LogP contribution in [0.4, 0.5) is 4.79 Å². The van der Waals surface area contributed by atoms with Crippen molar-refractivity contribution in [2.24, 2.45) is 0 Å². The molecule has 2 rings (SSSR count). The molecule has 0 unspecified atom stereocenters. The molecule has 0 aromatic heterocycles. The lowest BCUT2D eigenvalue weighted by atomic mass is 10.1. The van der Waals surface area contributed by atoms with Gasteiger partial charge in [0.25, 0.3) is 5.91 Å². The first-order chi connectivity index (χ1) is 7.25. The van der Waals surface area contributed by atoms with Crippen molar-refractivity contribution in [3.63, 3.8) is 0 Å². The molecule has 2 heterocycles. The predicted octanol–water partition coefficient (Wildman–Crippen LogP) is 0.186. The van der Waals surface area contributed by atoms with Gasteiger partial charge in [0.2, 0.25) is 0 Å². The van der Waals surface area contributed by atoms with Gasteiger partial charge in [0.05, 0.1) is 0 Å². The van der Waals surface area contributed by atoms with Crippen molar-refractivity contribution in [3.05, 3.63) is 6.54 Å². The number of likely N-dealkylation sites (tertiary alicyclic amines) is 1. The van der Waals surface area contributed by atoms with Crippen LogP contribution in [0.2, 0.25) is 0 Å². The van der Waals surface area contributed by atoms with Gasteiger partial charge in [-0.3, -0.25) is 10.1 Å². The number of piperidine rings is 1. The Labute approximate surface area is 89.4 Å². The second-order valence-corrected chi connectivity index (χ2v) is 4.02. The molecule has 0 bridgehead atoms. The number of rotatable bonds is 3. The maximum atomic E-state index is 11.2. The lowest BCUT2D eigenvalue weighted by Crippen LogP contribution is -2.38. The Bertz CT molecular complexity index is 261. The second kappa shape index (κ2) is 4.61. The second-order valence-electron chi connectivity index (χ2n) is 4.02. The topological polar surface area (TPSA) is 52.7 Å². The SMILES string of the molecule is O=C1[CH]N(CCN2CCCCC2)C(=O)N1. The first kappa shape index (κ1) is 10.4. The molecule has 5 heteroatoms. The van der Waals surface area contributed by atoms with Crippen molar-refractivity contribution in [3.8, 4) is 0 Å². The van der Waals surface area contributed by atoms with Gasteiger partial charge in [-0.05, 0) is 25.9 Å². The quantitative estimate of drug-likeness (QED) is 0.676. The van der Waals surface area contributed by atoms with Gasteiger partial charge in [-0.25, -0.2) is 4.79 Å². The smallest absolute Gasteiger partial charge is 0.308 e. The van der Waals surface area contributed by atoms with Crippen LogP contribution < -0.4 is 5.32 Å². The monoisotopic (exact) mass is 210 g/mol. The number of carbonyl (C=O) groups excluding carboxylic acids is 2. The molecule has 15 heavy (non-hydrogen) atoms. The highest BCUT2D eigenvalue weighted by Gasteiger charge is 2.27. The molecule has 5 nitrogen and oxygen atoms in total. The fourth-order valence-corrected chi connectivity index (χ4v) is 2.01. The van der Waals surface area contributed by atoms with E-state index >= 15 is 0 Å². The Balaban J connectivity index is 1.73. The van der Waals surface area contributed by atoms with E-state index < -0.39 is 0 Å². The van der Waals surface area contributed by atoms with Crippen molar-refractivity contribution in [2.45, 2.75) is 19.3 Å². The van der Waals surface area contributed by atoms with Gasteiger partial charge in [0.15, 0.2) is 0 Å². The summed E-state index contributed by atoms with van der Waals surface area (Å²) in [6, 6.07) is -0.294. The molecule has 1 N–H and O–H groups in total. The van der Waals surface area contributed by atoms with Crippen LogP contribution in [0.5, 0.6) is 0 Å². The van der Waals surface area contributed by atoms with E-state index in [9.17, 15) is 9.59 Å². The molecule has 2 aliphatic rings. The average molecular weight is 210 g/mol. The molecule has 0 aromatic rings. The highest BCUT2D eigenvalue weighted by atomic mass is 16.2. The zero-order valence-electron chi connectivity index (χ0n) is 8.74. The summed E-state index contributed by atoms with van der Waals surface area (Å²) in [6.45, 7) is 5.04. The maximum Gasteiger partial charge on any atom is 0.324 e. The molecule has 0 aromatic carbocycles. The Morgan fingerprint density at radius 1 is 1.13 bits per heavy atom. The summed E-state index contributed by atoms with van der Waals surface area (Å²) in [6.07, 6.45) is 3.80. The van der Waals surface area contributed by atoms with Crippen LogP contribution in [0.25, 0.3) is 0 Å². The molecule has 0 saturated carbocycles. The van der Waals surface area contributed by atoms with E-state index in [0.717, 1.165) is 19.6 Å². The van der Waals surface area contributed by atoms with E-state index in [1.807, 2.05) is 0 Å². The van der Waals surface area contributed by atoms with Crippen LogP contribution in [-0.4, -0.2) is 47.9 Å². The first-order valence-electron chi connectivity index (χ1n) is 5.44. The summed E-state index contributed by atoms with van der Waals surface area (Å²) in [5.74, 6) is -0.307. The summed E-state index contributed by atoms with van der Waals surface area (Å²) in [4.78, 5) is 25.9. The van der Waals surface area contributed by atoms with Crippen molar-refractivity contribution >= 4 is 11.9 Å². The molecule has 2 aliphatic heterocycles. The molecule has 3 amide bonds. The minimum Gasteiger partial charge on any atom is -0.308 e. The minimum absolute atomic E-state index is 0.294. The van der Waals surface area contributed by atoms with Crippen LogP contribution in [0, 0.1) is 6.54 Å². The normalized spacial score (nSPS) is 23.3. The highest BCUT2D eigenvalue weighted by molar-refractivity contribution is 6.05. The number of hydrogen-bond acceptors (Lipinski definition) is 3. The Kier molecular flexibility index (Phi) is 3.20. The van der Waals surface area contributed by atoms with Gasteiger partial charge in [-0.15, -0.1) is 0 Å². The first-order valence-corrected chi connectivity index (χ1v) is 5.44. The van der Waals surface area contributed by atoms with Crippen molar-refractivity contribution in [1.29, 1.82) is 0 Å². The molecule has 1 radical (unpaired) electrons. The van der Waals surface area contributed by atoms with Crippen molar-refractivity contribution < 1.29 is 9.59 Å². The number of carbonyl (C=O) groups is 2. The summed E-state index contributed by atoms with van der Waals surface area (Å²) in [5, 5.41) is 2.23. The van der Waals surface area contributed by atoms with Gasteiger partial charge in [-0.2, -0.15) is 0 Å². The number of amides is 3. The third-order valence-corrected chi connectivity index (χ3v) is 2.87. The molecular weight excluding hydrogens is 194 g/mol. The zero-order valence-corrected chi connectivity index (χ0v) is 8.74. The van der Waals surface area contributed by atoms with E-state index in [2.05, 4.69) is 10.2 Å². The summed E-state index contributed by atoms with van der Waals surface area (Å²) in [7, 11) is 0. The summed E-state index contributed by atoms with van der Waals surface area (Å²) < 4.78 is 0. The number of nitrogens with one attached hydrogen (secondary N) is 1. The van der Waals surface area contributed by atoms with Gasteiger partial charge < -0.3 is 9.80 Å². The molecular formula is C10H16N3O2. The lowest BCUT2D eigenvalue weighted by molar-refractivity contribution is -0.116. The lowest BCUT2D eigenvalue weighted by Gasteiger charge is -2.27. The third-order valence-electron chi connectivity index (χ3n) is 2.87. The summed E-state index contributed by atoms with van der Waals surface area (Å²) >= 11 is 0. The number of nitrogens with zero attached hydrogens (tertiary/aromatic N) is 2. The van der Waals surface area contributed by atoms with E-state index in [1.165, 1.54) is 30.7 Å². The van der Waals surface area contributed by atoms with Crippen LogP contribution in [0.1, 0.15) is 19.3 Å². The van der Waals surface area contributed by atoms with E-state index in [0.29, 0.717) is 6.54 Å². The number of hydrogen-bond donors (Lipinski definition) is 1. The third kappa shape index (κ3) is 2.68. The molecule has 83 valence electrons. The van der Waals surface area contributed by atoms with Crippen LogP contribution in [0.3, 0.4) is 0 Å². The largest absolute Gasteiger partial charge is 0.324 e. The molecule has 0 atom stereocenters. The maximum absolute atomic E-state index is 11.2. The van der Waals surface area contributed by atoms with Crippen molar-refractivity contribution in [1.82, 2.24) is 15.1 Å². The molecule has 2 fully saturated rings. The standard InChI is InChI=1S/C10H16N3O2/c14-9-8-13(10(15)11-9)7-6-12-4-2-1-3-5-12/h8H,1-7H2,(H,11,14,15). The van der Waals surface area contributed by atoms with Gasteiger partial charge in [-0.1, -0.05) is 6.42 Å². The van der Waals surface area contributed by atoms with Gasteiger partial charge in [0, 0.05) is 13.1 Å². The minimum atomic E-state index is -0.307. The zero-order chi connectivity index (χ0) is 10.7. The number of imide groups is 1. The molecule has 0 spiro atoms. The average Bonchev–Trinajstić information content (AvgIpc) is 2.56. The fourth-order valence-electron chi connectivity index (χ4n) is 2.01. The highest BCUT2D eigenvalue weighted by Crippen LogP contribution is 2.09. The Hall–Kier alpha value is -1.10.